The number of aliphatic hydroxyl groups is 1. The summed E-state index contributed by atoms with van der Waals surface area (Å²) >= 11 is 0. The molecule has 0 saturated heterocycles. The molecule has 0 heterocycles. The second-order valence-electron chi connectivity index (χ2n) is 8.90. The van der Waals surface area contributed by atoms with Gasteiger partial charge in [0.25, 0.3) is 0 Å². The van der Waals surface area contributed by atoms with Crippen molar-refractivity contribution in [2.24, 2.45) is 0 Å². The lowest BCUT2D eigenvalue weighted by molar-refractivity contribution is -0.156. The molecule has 0 aromatic rings. The van der Waals surface area contributed by atoms with E-state index in [2.05, 4.69) is 45.9 Å². The molecule has 0 amide bonds. The average molecular weight is 467 g/mol. The van der Waals surface area contributed by atoms with Gasteiger partial charge in [-0.05, 0) is 58.2 Å². The van der Waals surface area contributed by atoms with E-state index in [1.165, 1.54) is 7.11 Å². The van der Waals surface area contributed by atoms with Crippen molar-refractivity contribution in [3.05, 3.63) is 12.2 Å². The second-order valence-corrected chi connectivity index (χ2v) is 20.7. The summed E-state index contributed by atoms with van der Waals surface area (Å²) in [5.41, 5.74) is -0.176. The molecule has 0 radical (unpaired) electrons. The van der Waals surface area contributed by atoms with Crippen molar-refractivity contribution in [2.45, 2.75) is 76.8 Å². The van der Waals surface area contributed by atoms with Crippen LogP contribution in [0.4, 0.5) is 0 Å². The lowest BCUT2D eigenvalue weighted by Crippen LogP contribution is -2.43. The predicted octanol–water partition coefficient (Wildman–Crippen LogP) is 2.64. The highest BCUT2D eigenvalue weighted by Gasteiger charge is 2.30. The number of methoxy groups -OCH3 is 1. The van der Waals surface area contributed by atoms with Gasteiger partial charge in [-0.15, -0.1) is 0 Å². The SMILES string of the molecule is C=C(CC(=O)O)C(=O)OC(CO)C(CCC[SiH](O[Si](C)(C)C)O[Si](C)(C)C)OC. The predicted molar refractivity (Wildman–Crippen MR) is 119 cm³/mol. The normalized spacial score (nSPS) is 14.5. The van der Waals surface area contributed by atoms with Crippen LogP contribution in [-0.4, -0.2) is 74.0 Å². The third-order valence-electron chi connectivity index (χ3n) is 3.71. The van der Waals surface area contributed by atoms with Gasteiger partial charge in [0.1, 0.15) is 0 Å². The molecule has 0 aromatic carbocycles. The highest BCUT2D eigenvalue weighted by Crippen LogP contribution is 2.19. The maximum absolute atomic E-state index is 12.0. The van der Waals surface area contributed by atoms with Gasteiger partial charge in [-0.1, -0.05) is 6.58 Å². The number of aliphatic hydroxyl groups excluding tert-OH is 1. The van der Waals surface area contributed by atoms with Crippen molar-refractivity contribution in [3.63, 3.8) is 0 Å². The number of carboxylic acids is 1. The molecule has 0 aromatic heterocycles. The van der Waals surface area contributed by atoms with E-state index in [1.54, 1.807) is 0 Å². The largest absolute Gasteiger partial charge is 0.481 e. The number of hydrogen-bond acceptors (Lipinski definition) is 7. The van der Waals surface area contributed by atoms with Crippen LogP contribution in [0, 0.1) is 0 Å². The van der Waals surface area contributed by atoms with E-state index < -0.39 is 63.1 Å². The number of rotatable bonds is 15. The van der Waals surface area contributed by atoms with Crippen molar-refractivity contribution in [1.29, 1.82) is 0 Å². The Labute approximate surface area is 178 Å². The van der Waals surface area contributed by atoms with Gasteiger partial charge in [-0.3, -0.25) is 4.79 Å². The minimum atomic E-state index is -1.84. The van der Waals surface area contributed by atoms with Crippen molar-refractivity contribution >= 4 is 37.9 Å². The van der Waals surface area contributed by atoms with Gasteiger partial charge in [0.2, 0.25) is 0 Å². The van der Waals surface area contributed by atoms with Gasteiger partial charge in [0.15, 0.2) is 22.7 Å². The molecule has 170 valence electrons. The number of ether oxygens (including phenoxy) is 2. The molecule has 29 heavy (non-hydrogen) atoms. The van der Waals surface area contributed by atoms with Gasteiger partial charge in [0, 0.05) is 12.7 Å². The summed E-state index contributed by atoms with van der Waals surface area (Å²) in [5.74, 6) is -2.01. The molecule has 0 rings (SSSR count). The van der Waals surface area contributed by atoms with Crippen molar-refractivity contribution in [3.8, 4) is 0 Å². The van der Waals surface area contributed by atoms with E-state index in [9.17, 15) is 14.7 Å². The van der Waals surface area contributed by atoms with E-state index in [4.69, 9.17) is 22.8 Å². The summed E-state index contributed by atoms with van der Waals surface area (Å²) in [7, 11) is -3.79. The van der Waals surface area contributed by atoms with Gasteiger partial charge in [0.05, 0.1) is 19.1 Å². The Morgan fingerprint density at radius 1 is 1.03 bits per heavy atom. The van der Waals surface area contributed by atoms with Gasteiger partial charge < -0.3 is 27.9 Å². The van der Waals surface area contributed by atoms with Crippen LogP contribution in [0.25, 0.3) is 0 Å². The molecule has 0 bridgehead atoms. The fourth-order valence-corrected chi connectivity index (χ4v) is 11.0. The Morgan fingerprint density at radius 2 is 1.55 bits per heavy atom. The first kappa shape index (κ1) is 28.2. The minimum absolute atomic E-state index is 0.176. The van der Waals surface area contributed by atoms with Crippen LogP contribution in [0.1, 0.15) is 19.3 Å². The summed E-state index contributed by atoms with van der Waals surface area (Å²) in [6.45, 7) is 15.9. The molecule has 2 atom stereocenters. The fraction of sp³-hybridized carbons (Fsp3) is 0.778. The first-order valence-electron chi connectivity index (χ1n) is 9.78. The second kappa shape index (κ2) is 12.8. The number of carbonyl (C=O) groups excluding carboxylic acids is 1. The van der Waals surface area contributed by atoms with Crippen molar-refractivity contribution < 1.29 is 37.5 Å². The number of carboxylic acid groups (broad SMARTS) is 1. The zero-order chi connectivity index (χ0) is 22.8. The Bertz CT molecular complexity index is 526. The van der Waals surface area contributed by atoms with E-state index in [-0.39, 0.29) is 5.57 Å². The topological polar surface area (TPSA) is 112 Å². The fourth-order valence-electron chi connectivity index (χ4n) is 2.58. The number of aliphatic carboxylic acids is 1. The maximum Gasteiger partial charge on any atom is 0.334 e. The summed E-state index contributed by atoms with van der Waals surface area (Å²) in [6, 6.07) is 0.798. The molecule has 0 aliphatic rings. The highest BCUT2D eigenvalue weighted by molar-refractivity contribution is 6.81. The quantitative estimate of drug-likeness (QED) is 0.215. The zero-order valence-corrected chi connectivity index (χ0v) is 22.0. The Hall–Kier alpha value is -0.829. The Kier molecular flexibility index (Phi) is 12.4. The van der Waals surface area contributed by atoms with Crippen LogP contribution in [0.15, 0.2) is 12.2 Å². The summed E-state index contributed by atoms with van der Waals surface area (Å²) in [6.07, 6.45) is -0.629. The molecule has 0 aliphatic heterocycles. The van der Waals surface area contributed by atoms with E-state index in [0.29, 0.717) is 6.42 Å². The van der Waals surface area contributed by atoms with Crippen LogP contribution in [0.5, 0.6) is 0 Å². The van der Waals surface area contributed by atoms with Crippen LogP contribution in [0.3, 0.4) is 0 Å². The molecule has 0 spiro atoms. The molecule has 0 fully saturated rings. The van der Waals surface area contributed by atoms with Crippen molar-refractivity contribution in [2.75, 3.05) is 13.7 Å². The monoisotopic (exact) mass is 466 g/mol. The van der Waals surface area contributed by atoms with Crippen molar-refractivity contribution in [1.82, 2.24) is 0 Å². The third kappa shape index (κ3) is 13.9. The van der Waals surface area contributed by atoms with E-state index in [1.807, 2.05) is 0 Å². The first-order valence-corrected chi connectivity index (χ1v) is 18.4. The zero-order valence-electron chi connectivity index (χ0n) is 18.8. The highest BCUT2D eigenvalue weighted by atomic mass is 28.4. The lowest BCUT2D eigenvalue weighted by atomic mass is 10.1. The number of carbonyl (C=O) groups is 2. The molecular weight excluding hydrogens is 428 g/mol. The summed E-state index contributed by atoms with van der Waals surface area (Å²) < 4.78 is 23.2. The third-order valence-corrected chi connectivity index (χ3v) is 12.3. The molecule has 0 saturated carbocycles. The van der Waals surface area contributed by atoms with Crippen LogP contribution in [-0.2, 0) is 27.3 Å². The smallest absolute Gasteiger partial charge is 0.334 e. The van der Waals surface area contributed by atoms with Gasteiger partial charge in [-0.2, -0.15) is 0 Å². The molecule has 11 heteroatoms. The first-order chi connectivity index (χ1) is 13.2. The van der Waals surface area contributed by atoms with Gasteiger partial charge in [-0.25, -0.2) is 4.79 Å². The molecule has 0 aliphatic carbocycles. The minimum Gasteiger partial charge on any atom is -0.481 e. The maximum atomic E-state index is 12.0. The molecular formula is C18H38O8Si3. The Morgan fingerprint density at radius 3 is 1.93 bits per heavy atom. The lowest BCUT2D eigenvalue weighted by Gasteiger charge is -2.31. The van der Waals surface area contributed by atoms with Crippen LogP contribution in [0.2, 0.25) is 45.3 Å². The summed E-state index contributed by atoms with van der Waals surface area (Å²) in [4.78, 5) is 22.7. The van der Waals surface area contributed by atoms with Crippen LogP contribution < -0.4 is 0 Å². The van der Waals surface area contributed by atoms with E-state index in [0.717, 1.165) is 12.5 Å². The number of esters is 1. The Balaban J connectivity index is 4.85. The standard InChI is InChI=1S/C18H38O8Si3/c1-14(12-17(20)21)18(22)24-16(13-19)15(23-2)10-9-11-27(25-28(3,4)5)26-29(6,7)8/h15-16,19,27H,1,9-13H2,2-8H3,(H,20,21). The molecule has 2 N–H and O–H groups in total. The molecule has 2 unspecified atom stereocenters. The average Bonchev–Trinajstić information content (AvgIpc) is 2.53. The number of hydrogen-bond donors (Lipinski definition) is 2. The molecule has 8 nitrogen and oxygen atoms in total. The van der Waals surface area contributed by atoms with E-state index >= 15 is 0 Å². The van der Waals surface area contributed by atoms with Crippen LogP contribution >= 0.6 is 0 Å². The summed E-state index contributed by atoms with van der Waals surface area (Å²) in [5, 5.41) is 18.4. The van der Waals surface area contributed by atoms with Gasteiger partial charge >= 0.3 is 21.2 Å².